The summed E-state index contributed by atoms with van der Waals surface area (Å²) in [4.78, 5) is 13.2. The lowest BCUT2D eigenvalue weighted by atomic mass is 10.3. The number of nitrogens with one attached hydrogen (secondary N) is 1. The first-order valence-electron chi connectivity index (χ1n) is 4.38. The van der Waals surface area contributed by atoms with Gasteiger partial charge in [0.1, 0.15) is 0 Å². The van der Waals surface area contributed by atoms with E-state index in [0.717, 1.165) is 19.5 Å². The molecule has 1 rings (SSSR count). The van der Waals surface area contributed by atoms with Gasteiger partial charge in [0.15, 0.2) is 0 Å². The molecule has 0 spiro atoms. The molecule has 1 amide bonds. The van der Waals surface area contributed by atoms with Crippen LogP contribution >= 0.6 is 0 Å². The number of hydrogen-bond donors (Lipinski definition) is 2. The summed E-state index contributed by atoms with van der Waals surface area (Å²) in [5.74, 6) is 0.0987. The van der Waals surface area contributed by atoms with Gasteiger partial charge in [0, 0.05) is 13.1 Å². The molecule has 70 valence electrons. The quantitative estimate of drug-likeness (QED) is 0.573. The van der Waals surface area contributed by atoms with Crippen LogP contribution in [0, 0.1) is 0 Å². The molecule has 0 radical (unpaired) electrons. The highest BCUT2D eigenvalue weighted by atomic mass is 16.3. The van der Waals surface area contributed by atoms with Crippen LogP contribution in [0.25, 0.3) is 0 Å². The summed E-state index contributed by atoms with van der Waals surface area (Å²) in [5, 5.41) is 11.8. The molecular weight excluding hydrogens is 156 g/mol. The first kappa shape index (κ1) is 9.48. The Morgan fingerprint density at radius 3 is 3.17 bits per heavy atom. The Morgan fingerprint density at radius 1 is 1.75 bits per heavy atom. The summed E-state index contributed by atoms with van der Waals surface area (Å²) in [7, 11) is 0. The monoisotopic (exact) mass is 172 g/mol. The molecule has 1 aliphatic rings. The first-order valence-corrected chi connectivity index (χ1v) is 4.38. The van der Waals surface area contributed by atoms with Crippen molar-refractivity contribution >= 4 is 5.91 Å². The van der Waals surface area contributed by atoms with Gasteiger partial charge in [0.25, 0.3) is 0 Å². The zero-order valence-corrected chi connectivity index (χ0v) is 7.42. The van der Waals surface area contributed by atoms with Gasteiger partial charge in [-0.15, -0.1) is 0 Å². The van der Waals surface area contributed by atoms with E-state index >= 15 is 0 Å². The van der Waals surface area contributed by atoms with Gasteiger partial charge < -0.3 is 15.3 Å². The first-order chi connectivity index (χ1) is 5.75. The highest BCUT2D eigenvalue weighted by Gasteiger charge is 2.21. The topological polar surface area (TPSA) is 52.6 Å². The predicted molar refractivity (Wildman–Crippen MR) is 45.7 cm³/mol. The number of nitrogens with zero attached hydrogens (tertiary/aromatic N) is 1. The summed E-state index contributed by atoms with van der Waals surface area (Å²) in [6.07, 6.45) is 0.968. The number of β-amino-alcohol motifs (C(OH)–C–C–N with tert-alkyl or cyclic N) is 1. The van der Waals surface area contributed by atoms with E-state index in [-0.39, 0.29) is 18.6 Å². The smallest absolute Gasteiger partial charge is 0.239 e. The average Bonchev–Trinajstić information content (AvgIpc) is 2.20. The van der Waals surface area contributed by atoms with E-state index in [0.29, 0.717) is 6.54 Å². The van der Waals surface area contributed by atoms with Crippen LogP contribution in [-0.4, -0.2) is 48.2 Å². The third-order valence-corrected chi connectivity index (χ3v) is 2.11. The number of aliphatic hydroxyl groups excluding tert-OH is 1. The molecule has 0 aromatic heterocycles. The van der Waals surface area contributed by atoms with E-state index in [2.05, 4.69) is 5.32 Å². The van der Waals surface area contributed by atoms with Gasteiger partial charge in [-0.05, 0) is 19.9 Å². The standard InChI is InChI=1S/C8H16N2O2/c1-7-8(12)10(5-6-11)4-2-3-9-7/h7,9,11H,2-6H2,1H3. The molecule has 1 saturated heterocycles. The van der Waals surface area contributed by atoms with E-state index < -0.39 is 0 Å². The molecule has 1 heterocycles. The zero-order valence-electron chi connectivity index (χ0n) is 7.42. The predicted octanol–water partition coefficient (Wildman–Crippen LogP) is -0.811. The molecule has 1 unspecified atom stereocenters. The number of amides is 1. The van der Waals surface area contributed by atoms with Gasteiger partial charge >= 0.3 is 0 Å². The number of carbonyl (C=O) groups is 1. The summed E-state index contributed by atoms with van der Waals surface area (Å²) < 4.78 is 0. The molecule has 2 N–H and O–H groups in total. The second-order valence-corrected chi connectivity index (χ2v) is 3.08. The third kappa shape index (κ3) is 2.19. The maximum atomic E-state index is 11.5. The van der Waals surface area contributed by atoms with E-state index in [4.69, 9.17) is 5.11 Å². The lowest BCUT2D eigenvalue weighted by molar-refractivity contribution is -0.132. The fourth-order valence-corrected chi connectivity index (χ4v) is 1.40. The van der Waals surface area contributed by atoms with Crippen molar-refractivity contribution in [2.45, 2.75) is 19.4 Å². The SMILES string of the molecule is CC1NCCCN(CCO)C1=O. The maximum Gasteiger partial charge on any atom is 0.239 e. The number of carbonyl (C=O) groups excluding carboxylic acids is 1. The Bertz CT molecular complexity index is 161. The molecule has 4 heteroatoms. The molecular formula is C8H16N2O2. The summed E-state index contributed by atoms with van der Waals surface area (Å²) in [6.45, 7) is 4.02. The van der Waals surface area contributed by atoms with Gasteiger partial charge in [-0.3, -0.25) is 4.79 Å². The lowest BCUT2D eigenvalue weighted by Gasteiger charge is -2.21. The second kappa shape index (κ2) is 4.42. The van der Waals surface area contributed by atoms with Crippen LogP contribution in [0.3, 0.4) is 0 Å². The van der Waals surface area contributed by atoms with E-state index in [1.54, 1.807) is 4.90 Å². The van der Waals surface area contributed by atoms with Crippen LogP contribution in [0.15, 0.2) is 0 Å². The van der Waals surface area contributed by atoms with E-state index in [1.807, 2.05) is 6.92 Å². The van der Waals surface area contributed by atoms with E-state index in [9.17, 15) is 4.79 Å². The molecule has 1 atom stereocenters. The molecule has 1 fully saturated rings. The number of rotatable bonds is 2. The van der Waals surface area contributed by atoms with Crippen LogP contribution in [0.2, 0.25) is 0 Å². The van der Waals surface area contributed by atoms with Crippen LogP contribution in [0.1, 0.15) is 13.3 Å². The van der Waals surface area contributed by atoms with E-state index in [1.165, 1.54) is 0 Å². The van der Waals surface area contributed by atoms with Crippen molar-refractivity contribution < 1.29 is 9.90 Å². The van der Waals surface area contributed by atoms with Crippen molar-refractivity contribution in [3.05, 3.63) is 0 Å². The molecule has 0 aromatic carbocycles. The van der Waals surface area contributed by atoms with Crippen molar-refractivity contribution in [1.82, 2.24) is 10.2 Å². The summed E-state index contributed by atoms with van der Waals surface area (Å²) in [5.41, 5.74) is 0. The number of hydrogen-bond acceptors (Lipinski definition) is 3. The fraction of sp³-hybridized carbons (Fsp3) is 0.875. The van der Waals surface area contributed by atoms with Crippen molar-refractivity contribution in [3.63, 3.8) is 0 Å². The Hall–Kier alpha value is -0.610. The Labute approximate surface area is 72.6 Å². The molecule has 0 saturated carbocycles. The molecule has 4 nitrogen and oxygen atoms in total. The molecule has 0 bridgehead atoms. The minimum absolute atomic E-state index is 0.0540. The minimum Gasteiger partial charge on any atom is -0.395 e. The van der Waals surface area contributed by atoms with Crippen molar-refractivity contribution in [1.29, 1.82) is 0 Å². The Morgan fingerprint density at radius 2 is 2.50 bits per heavy atom. The van der Waals surface area contributed by atoms with Crippen LogP contribution in [-0.2, 0) is 4.79 Å². The number of aliphatic hydroxyl groups is 1. The largest absolute Gasteiger partial charge is 0.395 e. The van der Waals surface area contributed by atoms with Gasteiger partial charge in [0.2, 0.25) is 5.91 Å². The van der Waals surface area contributed by atoms with Crippen LogP contribution < -0.4 is 5.32 Å². The third-order valence-electron chi connectivity index (χ3n) is 2.11. The lowest BCUT2D eigenvalue weighted by Crippen LogP contribution is -2.42. The average molecular weight is 172 g/mol. The normalized spacial score (nSPS) is 25.7. The molecule has 1 aliphatic heterocycles. The van der Waals surface area contributed by atoms with Gasteiger partial charge in [-0.1, -0.05) is 0 Å². The van der Waals surface area contributed by atoms with Crippen molar-refractivity contribution in [3.8, 4) is 0 Å². The van der Waals surface area contributed by atoms with Crippen molar-refractivity contribution in [2.24, 2.45) is 0 Å². The van der Waals surface area contributed by atoms with Gasteiger partial charge in [0.05, 0.1) is 12.6 Å². The highest BCUT2D eigenvalue weighted by Crippen LogP contribution is 2.01. The van der Waals surface area contributed by atoms with Gasteiger partial charge in [-0.25, -0.2) is 0 Å². The molecule has 0 aliphatic carbocycles. The molecule has 12 heavy (non-hydrogen) atoms. The zero-order chi connectivity index (χ0) is 8.97. The highest BCUT2D eigenvalue weighted by molar-refractivity contribution is 5.81. The summed E-state index contributed by atoms with van der Waals surface area (Å²) >= 11 is 0. The maximum absolute atomic E-state index is 11.5. The fourth-order valence-electron chi connectivity index (χ4n) is 1.40. The Balaban J connectivity index is 2.52. The summed E-state index contributed by atoms with van der Waals surface area (Å²) in [6, 6.07) is -0.0981. The van der Waals surface area contributed by atoms with Crippen molar-refractivity contribution in [2.75, 3.05) is 26.2 Å². The molecule has 0 aromatic rings. The van der Waals surface area contributed by atoms with Crippen LogP contribution in [0.5, 0.6) is 0 Å². The second-order valence-electron chi connectivity index (χ2n) is 3.08. The minimum atomic E-state index is -0.0981. The van der Waals surface area contributed by atoms with Crippen LogP contribution in [0.4, 0.5) is 0 Å². The van der Waals surface area contributed by atoms with Gasteiger partial charge in [-0.2, -0.15) is 0 Å². The Kier molecular flexibility index (Phi) is 3.49.